The highest BCUT2D eigenvalue weighted by atomic mass is 16.5. The largest absolute Gasteiger partial charge is 0.379 e. The van der Waals surface area contributed by atoms with Gasteiger partial charge in [0.1, 0.15) is 11.9 Å². The molecule has 188 valence electrons. The number of hydrogen-bond acceptors (Lipinski definition) is 7. The number of nitriles is 1. The zero-order chi connectivity index (χ0) is 25.4. The molecular formula is C26H27N9O2. The molecule has 11 heteroatoms. The van der Waals surface area contributed by atoms with Gasteiger partial charge in [0.15, 0.2) is 0 Å². The van der Waals surface area contributed by atoms with Crippen LogP contribution >= 0.6 is 0 Å². The van der Waals surface area contributed by atoms with Crippen molar-refractivity contribution in [1.29, 1.82) is 5.26 Å². The minimum atomic E-state index is -0.0231. The number of pyridine rings is 2. The Balaban J connectivity index is 1.22. The van der Waals surface area contributed by atoms with Gasteiger partial charge in [0.05, 0.1) is 36.1 Å². The average Bonchev–Trinajstić information content (AvgIpc) is 3.69. The van der Waals surface area contributed by atoms with Crippen LogP contribution in [0.1, 0.15) is 12.0 Å². The van der Waals surface area contributed by atoms with Gasteiger partial charge in [-0.25, -0.2) is 14.3 Å². The van der Waals surface area contributed by atoms with E-state index in [4.69, 9.17) is 9.72 Å². The van der Waals surface area contributed by atoms with Crippen LogP contribution in [0.15, 0.2) is 49.2 Å². The summed E-state index contributed by atoms with van der Waals surface area (Å²) >= 11 is 0. The number of urea groups is 1. The molecule has 2 amide bonds. The lowest BCUT2D eigenvalue weighted by Crippen LogP contribution is -2.53. The first kappa shape index (κ1) is 23.0. The van der Waals surface area contributed by atoms with Crippen LogP contribution in [0.2, 0.25) is 0 Å². The number of hydrogen-bond donors (Lipinski definition) is 1. The molecule has 0 aromatic carbocycles. The zero-order valence-electron chi connectivity index (χ0n) is 20.5. The molecule has 0 radical (unpaired) electrons. The van der Waals surface area contributed by atoms with Gasteiger partial charge in [0.25, 0.3) is 0 Å². The quantitative estimate of drug-likeness (QED) is 0.460. The number of aryl methyl sites for hydroxylation is 1. The Kier molecular flexibility index (Phi) is 5.94. The highest BCUT2D eigenvalue weighted by molar-refractivity contribution is 5.87. The molecule has 1 unspecified atom stereocenters. The van der Waals surface area contributed by atoms with Gasteiger partial charge in [-0.05, 0) is 24.6 Å². The van der Waals surface area contributed by atoms with E-state index in [0.717, 1.165) is 40.0 Å². The summed E-state index contributed by atoms with van der Waals surface area (Å²) in [5, 5.41) is 21.4. The third-order valence-electron chi connectivity index (χ3n) is 6.98. The normalized spacial score (nSPS) is 17.8. The number of ether oxygens (including phenoxy) is 1. The molecule has 2 saturated heterocycles. The summed E-state index contributed by atoms with van der Waals surface area (Å²) in [7, 11) is 1.88. The average molecular weight is 498 g/mol. The molecule has 1 N–H and O–H groups in total. The summed E-state index contributed by atoms with van der Waals surface area (Å²) in [6.45, 7) is 3.99. The number of carbonyl (C=O) groups is 1. The topological polar surface area (TPSA) is 117 Å². The van der Waals surface area contributed by atoms with Crippen LogP contribution in [0.3, 0.4) is 0 Å². The van der Waals surface area contributed by atoms with Crippen molar-refractivity contribution >= 4 is 17.4 Å². The number of aromatic nitrogens is 5. The highest BCUT2D eigenvalue weighted by Gasteiger charge is 2.25. The second-order valence-electron chi connectivity index (χ2n) is 9.40. The fraction of sp³-hybridized carbons (Fsp3) is 0.346. The van der Waals surface area contributed by atoms with Crippen LogP contribution in [-0.2, 0) is 11.8 Å². The number of amides is 2. The number of anilines is 1. The van der Waals surface area contributed by atoms with E-state index in [2.05, 4.69) is 32.5 Å². The number of nitrogens with one attached hydrogen (secondary N) is 1. The van der Waals surface area contributed by atoms with Crippen LogP contribution in [0.4, 0.5) is 10.6 Å². The molecule has 0 bridgehead atoms. The van der Waals surface area contributed by atoms with Gasteiger partial charge >= 0.3 is 6.03 Å². The lowest BCUT2D eigenvalue weighted by molar-refractivity contribution is 0.176. The van der Waals surface area contributed by atoms with Gasteiger partial charge in [-0.3, -0.25) is 4.68 Å². The van der Waals surface area contributed by atoms with E-state index in [-0.39, 0.29) is 12.1 Å². The smallest absolute Gasteiger partial charge is 0.317 e. The molecule has 37 heavy (non-hydrogen) atoms. The van der Waals surface area contributed by atoms with E-state index in [0.29, 0.717) is 45.0 Å². The van der Waals surface area contributed by atoms with E-state index in [9.17, 15) is 10.1 Å². The van der Waals surface area contributed by atoms with E-state index in [1.165, 1.54) is 0 Å². The fourth-order valence-corrected chi connectivity index (χ4v) is 4.94. The second-order valence-corrected chi connectivity index (χ2v) is 9.40. The van der Waals surface area contributed by atoms with Gasteiger partial charge in [0.2, 0.25) is 0 Å². The lowest BCUT2D eigenvalue weighted by atomic mass is 10.0. The SMILES string of the molecule is Cn1cc(-c2cc(-c3ccc(N4CCN(C(=O)NC5CCOC5)CC4)nc3)c3c(C#N)cnn3c2)cn1. The van der Waals surface area contributed by atoms with Crippen molar-refractivity contribution in [3.05, 3.63) is 54.7 Å². The Bertz CT molecular complexity index is 1470. The molecule has 2 fully saturated rings. The number of nitrogens with zero attached hydrogens (tertiary/aromatic N) is 8. The maximum Gasteiger partial charge on any atom is 0.317 e. The zero-order valence-corrected chi connectivity index (χ0v) is 20.5. The molecule has 2 aliphatic heterocycles. The molecule has 0 saturated carbocycles. The second kappa shape index (κ2) is 9.55. The molecule has 6 heterocycles. The summed E-state index contributed by atoms with van der Waals surface area (Å²) in [5.74, 6) is 0.862. The highest BCUT2D eigenvalue weighted by Crippen LogP contribution is 2.32. The minimum Gasteiger partial charge on any atom is -0.379 e. The predicted molar refractivity (Wildman–Crippen MR) is 137 cm³/mol. The molecule has 1 atom stereocenters. The Morgan fingerprint density at radius 1 is 1.08 bits per heavy atom. The molecule has 6 rings (SSSR count). The first-order valence-electron chi connectivity index (χ1n) is 12.3. The van der Waals surface area contributed by atoms with Gasteiger partial charge < -0.3 is 19.9 Å². The van der Waals surface area contributed by atoms with Crippen molar-refractivity contribution < 1.29 is 9.53 Å². The fourth-order valence-electron chi connectivity index (χ4n) is 4.94. The van der Waals surface area contributed by atoms with E-state index in [1.807, 2.05) is 48.9 Å². The van der Waals surface area contributed by atoms with Crippen LogP contribution < -0.4 is 10.2 Å². The maximum atomic E-state index is 12.6. The van der Waals surface area contributed by atoms with Crippen molar-refractivity contribution in [3.8, 4) is 28.3 Å². The van der Waals surface area contributed by atoms with E-state index in [1.54, 1.807) is 15.4 Å². The molecule has 4 aromatic rings. The standard InChI is InChI=1S/C26H27N9O2/c1-32-15-21(14-29-32)19-10-23(25-20(11-27)13-30-35(25)16-19)18-2-3-24(28-12-18)33-5-7-34(8-6-33)26(36)31-22-4-9-37-17-22/h2-3,10,12-16,22H,4-9,17H2,1H3,(H,31,36). The molecule has 4 aromatic heterocycles. The summed E-state index contributed by atoms with van der Waals surface area (Å²) < 4.78 is 8.85. The minimum absolute atomic E-state index is 0.0231. The number of fused-ring (bicyclic) bond motifs is 1. The van der Waals surface area contributed by atoms with Gasteiger partial charge in [0, 0.05) is 80.7 Å². The third kappa shape index (κ3) is 4.47. The van der Waals surface area contributed by atoms with Crippen molar-refractivity contribution in [3.63, 3.8) is 0 Å². The molecule has 2 aliphatic rings. The Morgan fingerprint density at radius 3 is 2.62 bits per heavy atom. The Morgan fingerprint density at radius 2 is 1.95 bits per heavy atom. The van der Waals surface area contributed by atoms with Crippen molar-refractivity contribution in [2.75, 3.05) is 44.3 Å². The van der Waals surface area contributed by atoms with Crippen molar-refractivity contribution in [1.82, 2.24) is 34.6 Å². The number of rotatable bonds is 4. The molecule has 11 nitrogen and oxygen atoms in total. The predicted octanol–water partition coefficient (Wildman–Crippen LogP) is 2.29. The van der Waals surface area contributed by atoms with E-state index >= 15 is 0 Å². The third-order valence-corrected chi connectivity index (χ3v) is 6.98. The number of piperazine rings is 1. The van der Waals surface area contributed by atoms with Crippen LogP contribution in [0.5, 0.6) is 0 Å². The van der Waals surface area contributed by atoms with Crippen LogP contribution in [0, 0.1) is 11.3 Å². The lowest BCUT2D eigenvalue weighted by Gasteiger charge is -2.35. The van der Waals surface area contributed by atoms with Gasteiger partial charge in [-0.1, -0.05) is 0 Å². The van der Waals surface area contributed by atoms with Gasteiger partial charge in [-0.15, -0.1) is 0 Å². The Labute approximate surface area is 213 Å². The van der Waals surface area contributed by atoms with Gasteiger partial charge in [-0.2, -0.15) is 15.5 Å². The maximum absolute atomic E-state index is 12.6. The van der Waals surface area contributed by atoms with E-state index < -0.39 is 0 Å². The van der Waals surface area contributed by atoms with Crippen molar-refractivity contribution in [2.45, 2.75) is 12.5 Å². The molecular weight excluding hydrogens is 470 g/mol. The summed E-state index contributed by atoms with van der Waals surface area (Å²) in [4.78, 5) is 21.3. The first-order valence-corrected chi connectivity index (χ1v) is 12.3. The monoisotopic (exact) mass is 497 g/mol. The first-order chi connectivity index (χ1) is 18.1. The van der Waals surface area contributed by atoms with Crippen molar-refractivity contribution in [2.24, 2.45) is 7.05 Å². The summed E-state index contributed by atoms with van der Waals surface area (Å²) in [5.41, 5.74) is 4.95. The van der Waals surface area contributed by atoms with Crippen LogP contribution in [0.25, 0.3) is 27.8 Å². The molecule has 0 aliphatic carbocycles. The summed E-state index contributed by atoms with van der Waals surface area (Å²) in [6.07, 6.45) is 9.96. The van der Waals surface area contributed by atoms with Crippen LogP contribution in [-0.4, -0.2) is 80.7 Å². The summed E-state index contributed by atoms with van der Waals surface area (Å²) in [6, 6.07) is 8.41. The number of carbonyl (C=O) groups excluding carboxylic acids is 1. The molecule has 0 spiro atoms. The Hall–Kier alpha value is -4.43.